The maximum atomic E-state index is 12.7. The van der Waals surface area contributed by atoms with E-state index in [1.54, 1.807) is 17.9 Å². The van der Waals surface area contributed by atoms with Crippen LogP contribution in [0.15, 0.2) is 36.7 Å². The van der Waals surface area contributed by atoms with E-state index in [-0.39, 0.29) is 5.91 Å². The zero-order valence-electron chi connectivity index (χ0n) is 15.6. The number of hydrogen-bond donors (Lipinski definition) is 2. The molecule has 1 heterocycles. The van der Waals surface area contributed by atoms with Crippen molar-refractivity contribution in [2.24, 2.45) is 7.05 Å². The number of rotatable bonds is 7. The van der Waals surface area contributed by atoms with E-state index in [2.05, 4.69) is 39.6 Å². The van der Waals surface area contributed by atoms with E-state index in [1.807, 2.05) is 25.4 Å². The number of likely N-dealkylation sites (N-methyl/N-ethyl adjacent to an activating group) is 1. The van der Waals surface area contributed by atoms with Gasteiger partial charge in [0.15, 0.2) is 0 Å². The molecule has 1 unspecified atom stereocenters. The van der Waals surface area contributed by atoms with Crippen molar-refractivity contribution in [2.75, 3.05) is 12.4 Å². The molecular weight excluding hydrogens is 344 g/mol. The monoisotopic (exact) mass is 372 g/mol. The zero-order valence-corrected chi connectivity index (χ0v) is 16.4. The first-order chi connectivity index (χ1) is 12.7. The molecule has 1 aliphatic rings. The minimum Gasteiger partial charge on any atom is -0.324 e. The second kappa shape index (κ2) is 9.24. The lowest BCUT2D eigenvalue weighted by Gasteiger charge is -2.21. The van der Waals surface area contributed by atoms with Gasteiger partial charge in [-0.1, -0.05) is 31.4 Å². The number of nitrogens with one attached hydrogen (secondary N) is 2. The molecule has 1 fully saturated rings. The third kappa shape index (κ3) is 5.11. The van der Waals surface area contributed by atoms with Crippen LogP contribution in [0.2, 0.25) is 0 Å². The van der Waals surface area contributed by atoms with Crippen LogP contribution in [0.3, 0.4) is 0 Å². The molecule has 1 saturated carbocycles. The Morgan fingerprint density at radius 3 is 2.85 bits per heavy atom. The molecule has 6 heteroatoms. The molecule has 1 aromatic carbocycles. The maximum Gasteiger partial charge on any atom is 0.246 e. The van der Waals surface area contributed by atoms with E-state index in [0.717, 1.165) is 22.3 Å². The first-order valence-electron chi connectivity index (χ1n) is 9.33. The van der Waals surface area contributed by atoms with Gasteiger partial charge in [0.05, 0.1) is 6.20 Å². The highest BCUT2D eigenvalue weighted by atomic mass is 32.2. The van der Waals surface area contributed by atoms with Crippen LogP contribution in [0.4, 0.5) is 5.69 Å². The van der Waals surface area contributed by atoms with Crippen molar-refractivity contribution in [3.63, 3.8) is 0 Å². The van der Waals surface area contributed by atoms with Crippen molar-refractivity contribution in [3.05, 3.63) is 47.8 Å². The first-order valence-corrected chi connectivity index (χ1v) is 10.4. The molecule has 1 aromatic heterocycles. The Kier molecular flexibility index (Phi) is 6.74. The van der Waals surface area contributed by atoms with Crippen molar-refractivity contribution in [2.45, 2.75) is 49.1 Å². The van der Waals surface area contributed by atoms with E-state index in [0.29, 0.717) is 0 Å². The molecule has 5 nitrogen and oxygen atoms in total. The van der Waals surface area contributed by atoms with Crippen molar-refractivity contribution in [1.29, 1.82) is 0 Å². The number of thioether (sulfide) groups is 1. The number of hydrogen-bond acceptors (Lipinski definition) is 4. The van der Waals surface area contributed by atoms with Gasteiger partial charge in [0, 0.05) is 35.5 Å². The number of anilines is 1. The first kappa shape index (κ1) is 19.0. The summed E-state index contributed by atoms with van der Waals surface area (Å²) < 4.78 is 1.70. The summed E-state index contributed by atoms with van der Waals surface area (Å²) in [5.74, 6) is 0.935. The lowest BCUT2D eigenvalue weighted by atomic mass is 10.0. The molecule has 3 rings (SSSR count). The highest BCUT2D eigenvalue weighted by molar-refractivity contribution is 7.99. The van der Waals surface area contributed by atoms with Crippen LogP contribution in [-0.4, -0.2) is 28.0 Å². The molecule has 1 atom stereocenters. The van der Waals surface area contributed by atoms with Gasteiger partial charge in [-0.2, -0.15) is 16.9 Å². The standard InChI is InChI=1S/C20H28N4OS/c1-21-19(16-12-22-24(2)13-16)20(25)23-17-8-6-7-15(11-17)14-26-18-9-4-3-5-10-18/h6-8,11-13,18-19,21H,3-5,9-10,14H2,1-2H3,(H,23,25). The van der Waals surface area contributed by atoms with Gasteiger partial charge in [-0.15, -0.1) is 0 Å². The molecule has 0 saturated heterocycles. The van der Waals surface area contributed by atoms with Gasteiger partial charge >= 0.3 is 0 Å². The molecule has 0 radical (unpaired) electrons. The normalized spacial score (nSPS) is 16.4. The average Bonchev–Trinajstić information content (AvgIpc) is 3.08. The highest BCUT2D eigenvalue weighted by Gasteiger charge is 2.20. The molecule has 1 amide bonds. The Morgan fingerprint density at radius 2 is 2.15 bits per heavy atom. The van der Waals surface area contributed by atoms with E-state index in [4.69, 9.17) is 0 Å². The molecular formula is C20H28N4OS. The average molecular weight is 373 g/mol. The van der Waals surface area contributed by atoms with Crippen LogP contribution in [0, 0.1) is 0 Å². The van der Waals surface area contributed by atoms with Crippen molar-refractivity contribution in [3.8, 4) is 0 Å². The van der Waals surface area contributed by atoms with Crippen LogP contribution in [0.1, 0.15) is 49.3 Å². The van der Waals surface area contributed by atoms with Gasteiger partial charge < -0.3 is 10.6 Å². The Labute approximate surface area is 159 Å². The van der Waals surface area contributed by atoms with E-state index in [9.17, 15) is 4.79 Å². The van der Waals surface area contributed by atoms with Gasteiger partial charge in [0.2, 0.25) is 5.91 Å². The topological polar surface area (TPSA) is 59.0 Å². The summed E-state index contributed by atoms with van der Waals surface area (Å²) in [4.78, 5) is 12.7. The lowest BCUT2D eigenvalue weighted by Crippen LogP contribution is -2.30. The van der Waals surface area contributed by atoms with Crippen LogP contribution in [0.25, 0.3) is 0 Å². The largest absolute Gasteiger partial charge is 0.324 e. The molecule has 2 aromatic rings. The number of amides is 1. The smallest absolute Gasteiger partial charge is 0.246 e. The van der Waals surface area contributed by atoms with Crippen molar-refractivity contribution < 1.29 is 4.79 Å². The molecule has 26 heavy (non-hydrogen) atoms. The number of aromatic nitrogens is 2. The van der Waals surface area contributed by atoms with Crippen LogP contribution in [-0.2, 0) is 17.6 Å². The van der Waals surface area contributed by atoms with Crippen molar-refractivity contribution in [1.82, 2.24) is 15.1 Å². The number of aryl methyl sites for hydroxylation is 1. The summed E-state index contributed by atoms with van der Waals surface area (Å²) in [5, 5.41) is 11.0. The number of nitrogens with zero attached hydrogens (tertiary/aromatic N) is 2. The van der Waals surface area contributed by atoms with Crippen LogP contribution in [0.5, 0.6) is 0 Å². The summed E-state index contributed by atoms with van der Waals surface area (Å²) in [7, 11) is 3.63. The van der Waals surface area contributed by atoms with Crippen LogP contribution < -0.4 is 10.6 Å². The van der Waals surface area contributed by atoms with Crippen LogP contribution >= 0.6 is 11.8 Å². The SMILES string of the molecule is CNC(C(=O)Nc1cccc(CSC2CCCCC2)c1)c1cnn(C)c1. The fourth-order valence-corrected chi connectivity index (χ4v) is 4.71. The quantitative estimate of drug-likeness (QED) is 0.774. The number of carbonyl (C=O) groups is 1. The predicted molar refractivity (Wildman–Crippen MR) is 108 cm³/mol. The Bertz CT molecular complexity index is 724. The molecule has 0 bridgehead atoms. The second-order valence-electron chi connectivity index (χ2n) is 6.93. The number of carbonyl (C=O) groups excluding carboxylic acids is 1. The minimum atomic E-state index is -0.413. The van der Waals surface area contributed by atoms with Gasteiger partial charge in [-0.25, -0.2) is 0 Å². The van der Waals surface area contributed by atoms with E-state index < -0.39 is 6.04 Å². The summed E-state index contributed by atoms with van der Waals surface area (Å²) in [5.41, 5.74) is 2.97. The lowest BCUT2D eigenvalue weighted by molar-refractivity contribution is -0.118. The fourth-order valence-electron chi connectivity index (χ4n) is 3.44. The number of benzene rings is 1. The van der Waals surface area contributed by atoms with Gasteiger partial charge in [-0.05, 0) is 37.6 Å². The third-order valence-corrected chi connectivity index (χ3v) is 6.28. The zero-order chi connectivity index (χ0) is 18.4. The summed E-state index contributed by atoms with van der Waals surface area (Å²) >= 11 is 2.05. The predicted octanol–water partition coefficient (Wildman–Crippen LogP) is 3.89. The van der Waals surface area contributed by atoms with Crippen molar-refractivity contribution >= 4 is 23.4 Å². The molecule has 1 aliphatic carbocycles. The van der Waals surface area contributed by atoms with E-state index in [1.165, 1.54) is 37.7 Å². The Balaban J connectivity index is 1.59. The maximum absolute atomic E-state index is 12.7. The molecule has 2 N–H and O–H groups in total. The summed E-state index contributed by atoms with van der Waals surface area (Å²) in [6.45, 7) is 0. The second-order valence-corrected chi connectivity index (χ2v) is 8.22. The minimum absolute atomic E-state index is 0.0717. The Morgan fingerprint density at radius 1 is 1.35 bits per heavy atom. The summed E-state index contributed by atoms with van der Waals surface area (Å²) in [6.07, 6.45) is 10.4. The summed E-state index contributed by atoms with van der Waals surface area (Å²) in [6, 6.07) is 7.78. The third-order valence-electron chi connectivity index (χ3n) is 4.84. The molecule has 0 spiro atoms. The molecule has 140 valence electrons. The molecule has 0 aliphatic heterocycles. The Hall–Kier alpha value is -1.79. The van der Waals surface area contributed by atoms with E-state index >= 15 is 0 Å². The van der Waals surface area contributed by atoms with Gasteiger partial charge in [0.25, 0.3) is 0 Å². The van der Waals surface area contributed by atoms with Gasteiger partial charge in [-0.3, -0.25) is 9.48 Å². The fraction of sp³-hybridized carbons (Fsp3) is 0.500. The highest BCUT2D eigenvalue weighted by Crippen LogP contribution is 2.31. The van der Waals surface area contributed by atoms with Gasteiger partial charge in [0.1, 0.15) is 6.04 Å².